The average Bonchev–Trinajstić information content (AvgIpc) is 1.70. The van der Waals surface area contributed by atoms with Crippen molar-refractivity contribution < 1.29 is 112 Å². The van der Waals surface area contributed by atoms with Crippen LogP contribution in [0.5, 0.6) is 0 Å². The van der Waals surface area contributed by atoms with Gasteiger partial charge in [-0.25, -0.2) is 44.0 Å². The smallest absolute Gasteiger partial charge is 0.870 e. The van der Waals surface area contributed by atoms with Crippen molar-refractivity contribution in [3.05, 3.63) is 273 Å². The molecule has 0 spiro atoms. The van der Waals surface area contributed by atoms with Gasteiger partial charge in [0.25, 0.3) is 5.89 Å². The van der Waals surface area contributed by atoms with Crippen molar-refractivity contribution >= 4 is 97.1 Å². The number of carbonyl (C=O) groups is 5. The topological polar surface area (TPSA) is 378 Å². The van der Waals surface area contributed by atoms with Crippen molar-refractivity contribution in [2.75, 3.05) is 49.8 Å². The molecule has 0 radical (unpaired) electrons. The quantitative estimate of drug-likeness (QED) is 0.00958. The third kappa shape index (κ3) is 51.2. The summed E-state index contributed by atoms with van der Waals surface area (Å²) in [6, 6.07) is 51.6. The van der Waals surface area contributed by atoms with E-state index in [1.807, 2.05) is 134 Å². The van der Waals surface area contributed by atoms with Crippen LogP contribution in [0.3, 0.4) is 0 Å². The Morgan fingerprint density at radius 3 is 1.13 bits per heavy atom. The molecule has 0 saturated carbocycles. The number of carbonyl (C=O) groups excluding carboxylic acids is 4. The molecule has 113 heavy (non-hydrogen) atoms. The van der Waals surface area contributed by atoms with Crippen molar-refractivity contribution in [1.29, 1.82) is 0 Å². The second-order valence-corrected chi connectivity index (χ2v) is 22.3. The largest absolute Gasteiger partial charge is 1.00 e. The molecule has 0 bridgehead atoms. The number of carboxylic acid groups (broad SMARTS) is 1. The number of terminal acetylenes is 1. The Morgan fingerprint density at radius 1 is 0.531 bits per heavy atom. The number of nitrogens with two attached hydrogens (primary N) is 1. The van der Waals surface area contributed by atoms with Crippen LogP contribution in [-0.2, 0) is 57.1 Å². The van der Waals surface area contributed by atoms with Gasteiger partial charge in [0, 0.05) is 92.6 Å². The molecule has 27 nitrogen and oxygen atoms in total. The number of aliphatic carboxylic acids is 1. The predicted octanol–water partition coefficient (Wildman–Crippen LogP) is 10.6. The van der Waals surface area contributed by atoms with Crippen LogP contribution >= 0.6 is 51.5 Å². The van der Waals surface area contributed by atoms with Gasteiger partial charge in [0.1, 0.15) is 47.2 Å². The molecule has 5 heterocycles. The molecule has 0 saturated heterocycles. The maximum atomic E-state index is 10.4. The molecule has 4 aromatic carbocycles. The number of amidine groups is 1. The Hall–Kier alpha value is -11.1. The minimum atomic E-state index is -0.995. The van der Waals surface area contributed by atoms with Gasteiger partial charge in [-0.3, -0.25) is 9.59 Å². The molecule has 6 atom stereocenters. The average molecular weight is 1680 g/mol. The summed E-state index contributed by atoms with van der Waals surface area (Å²) in [5.41, 5.74) is 13.8. The normalized spacial score (nSPS) is 10.7. The van der Waals surface area contributed by atoms with Gasteiger partial charge in [0.05, 0.1) is 27.4 Å². The Bertz CT molecular complexity index is 4470. The van der Waals surface area contributed by atoms with Gasteiger partial charge in [-0.2, -0.15) is 4.98 Å². The fraction of sp³-hybridized carbons (Fsp3) is 0.235. The van der Waals surface area contributed by atoms with Gasteiger partial charge in [0.2, 0.25) is 16.3 Å². The number of carboxylic acids is 1. The van der Waals surface area contributed by atoms with E-state index in [1.54, 1.807) is 95.1 Å². The molecule has 5 aromatic heterocycles. The predicted molar refractivity (Wildman–Crippen MR) is 430 cm³/mol. The molecule has 0 aliphatic rings. The zero-order valence-corrected chi connectivity index (χ0v) is 70.2. The van der Waals surface area contributed by atoms with Gasteiger partial charge in [-0.05, 0) is 180 Å². The molecule has 590 valence electrons. The van der Waals surface area contributed by atoms with E-state index < -0.39 is 52.9 Å². The molecule has 0 amide bonds. The maximum Gasteiger partial charge on any atom is 1.00 e. The van der Waals surface area contributed by atoms with E-state index in [0.717, 1.165) is 43.8 Å². The van der Waals surface area contributed by atoms with Crippen molar-refractivity contribution in [3.63, 3.8) is 0 Å². The number of rotatable bonds is 13. The first-order chi connectivity index (χ1) is 52.6. The molecule has 6 N–H and O–H groups in total. The zero-order chi connectivity index (χ0) is 82.6. The number of hydrogen-bond donors (Lipinski definition) is 4. The minimum Gasteiger partial charge on any atom is -0.870 e. The van der Waals surface area contributed by atoms with E-state index in [1.165, 1.54) is 56.5 Å². The summed E-state index contributed by atoms with van der Waals surface area (Å²) in [5.74, 6) is 19.6. The minimum absolute atomic E-state index is 0. The Balaban J connectivity index is -0.000000604. The first-order valence-electron chi connectivity index (χ1n) is 32.0. The van der Waals surface area contributed by atoms with E-state index in [4.69, 9.17) is 73.2 Å². The van der Waals surface area contributed by atoms with Crippen molar-refractivity contribution in [3.8, 4) is 59.3 Å². The van der Waals surface area contributed by atoms with Gasteiger partial charge >= 0.3 is 47.5 Å². The summed E-state index contributed by atoms with van der Waals surface area (Å²) in [6.45, 7) is 23.0. The fourth-order valence-corrected chi connectivity index (χ4v) is 6.57. The van der Waals surface area contributed by atoms with Crippen LogP contribution < -0.4 is 35.3 Å². The molecular formula is C81H85BrCl3N10NaO17. The second kappa shape index (κ2) is 66.7. The van der Waals surface area contributed by atoms with Crippen LogP contribution in [0.1, 0.15) is 98.6 Å². The fourth-order valence-electron chi connectivity index (χ4n) is 6.12. The zero-order valence-electron chi connectivity index (χ0n) is 64.3. The first-order valence-corrected chi connectivity index (χ1v) is 33.6. The van der Waals surface area contributed by atoms with E-state index >= 15 is 0 Å². The number of benzene rings is 4. The van der Waals surface area contributed by atoms with E-state index in [-0.39, 0.29) is 65.3 Å². The molecule has 32 heteroatoms. The van der Waals surface area contributed by atoms with E-state index in [2.05, 4.69) is 131 Å². The number of esters is 2. The molecule has 0 fully saturated rings. The van der Waals surface area contributed by atoms with Crippen LogP contribution in [0.4, 0.5) is 11.4 Å². The number of halogens is 4. The first kappa shape index (κ1) is 108. The van der Waals surface area contributed by atoms with Crippen LogP contribution in [0.15, 0.2) is 209 Å². The van der Waals surface area contributed by atoms with E-state index in [0.29, 0.717) is 34.3 Å². The Kier molecular flexibility index (Phi) is 63.9. The number of hydrogen-bond acceptors (Lipinski definition) is 23. The van der Waals surface area contributed by atoms with Crippen molar-refractivity contribution in [1.82, 2.24) is 30.1 Å². The number of ether oxygens (including phenoxy) is 7. The van der Waals surface area contributed by atoms with Gasteiger partial charge in [0.15, 0.2) is 29.4 Å². The Labute approximate surface area is 705 Å². The number of methoxy groups -OCH3 is 7. The number of aromatic nitrogens is 6. The third-order valence-electron chi connectivity index (χ3n) is 12.8. The monoisotopic (exact) mass is 1680 g/mol. The standard InChI is InChI=1S/C18H15N3O2.C14H11N3O.C14H8N2.C7H4BrN.C7H5N.C5H10O3.2C4H7ClO2.2C4H8O3.ClH.Na.H2O/c1-13(22-2)18-20-17(21-23-18)15-9-6-14(7-10-15)8-11-16-5-3-4-12-19-16;15-14(17-18)12-7-4-11(5-8-12)6-9-13-3-1-2-10-16-13;1-15-13-8-5-12(6-9-13)7-10-14-4-2-3-11-16-14;1-9-7-4-2-6(8)3-5-7;1-2-7-5-3-4-6-8-7;1-4(7-2)5(6)8-3;3*1-3(7-2)4(5)6;1-3(5)4(6)7-2;;;/h3-7,9-10,12-13H,1-2H3;1-5,7-8,10,18H,(H2,15,17);2-6,8-9,11H;2-5H;1,3-6H;4H,1-3H3;2*3H,1-2H3;3H,1-2H3,(H,5,6);3,5H,1-2H3;1H;;1H2/q;;;;;;;;;;;+1;/p-1. The summed E-state index contributed by atoms with van der Waals surface area (Å²) in [5, 5.41) is 30.9. The summed E-state index contributed by atoms with van der Waals surface area (Å²) < 4.78 is 37.9. The van der Waals surface area contributed by atoms with Crippen LogP contribution in [0.25, 0.3) is 21.1 Å². The molecular weight excluding hydrogens is 1590 g/mol. The van der Waals surface area contributed by atoms with Crippen LogP contribution in [0, 0.1) is 61.0 Å². The maximum absolute atomic E-state index is 10.4. The number of aliphatic hydroxyl groups excluding tert-OH is 1. The van der Waals surface area contributed by atoms with Crippen LogP contribution in [-0.4, -0.2) is 165 Å². The Morgan fingerprint density at radius 2 is 0.885 bits per heavy atom. The number of pyridine rings is 4. The second-order valence-electron chi connectivity index (χ2n) is 20.7. The van der Waals surface area contributed by atoms with Gasteiger partial charge in [-0.1, -0.05) is 123 Å². The van der Waals surface area contributed by atoms with Crippen molar-refractivity contribution in [2.45, 2.75) is 78.2 Å². The molecule has 9 aromatic rings. The molecule has 9 rings (SSSR count). The van der Waals surface area contributed by atoms with E-state index in [9.17, 15) is 24.0 Å². The summed E-state index contributed by atoms with van der Waals surface area (Å²) in [6.07, 6.45) is 8.57. The van der Waals surface area contributed by atoms with Gasteiger partial charge < -0.3 is 64.3 Å². The summed E-state index contributed by atoms with van der Waals surface area (Å²) in [4.78, 5) is 77.4. The SMILES string of the molecule is C#Cc1ccccn1.COC(=O)C(C)O.COC(=O)C(C)OC.COC(C)C(=O)Cl.COC(C)C(=O)Cl.COC(C)C(=O)O.COC(C)c1nc(-c2ccc(C#Cc3ccccn3)cc2)no1.Cl.N/C(=N\O)c1ccc(C#Cc2ccccn2)cc1.[C-]#[N+]c1ccc(Br)cc1.[C-]#[N+]c1ccc(C#Cc2ccccn2)cc1.[Na+].[OH-]. The third-order valence-corrected chi connectivity index (χ3v) is 14.0. The number of aliphatic hydroxyl groups is 1. The van der Waals surface area contributed by atoms with Crippen LogP contribution in [0.2, 0.25) is 0 Å². The number of nitrogens with zero attached hydrogens (tertiary/aromatic N) is 9. The molecule has 6 unspecified atom stereocenters. The van der Waals surface area contributed by atoms with Gasteiger partial charge in [-0.15, -0.1) is 18.8 Å². The number of oxime groups is 1. The molecule has 0 aliphatic heterocycles. The molecule has 0 aliphatic carbocycles. The summed E-state index contributed by atoms with van der Waals surface area (Å²) >= 11 is 13.2. The van der Waals surface area contributed by atoms with Crippen molar-refractivity contribution in [2.24, 2.45) is 10.9 Å². The summed E-state index contributed by atoms with van der Waals surface area (Å²) in [7, 11) is 9.85.